The van der Waals surface area contributed by atoms with E-state index in [2.05, 4.69) is 4.98 Å². The SMILES string of the molecule is COc1ccccc1-c1cn2ccnc2cc1C(=O)O. The Kier molecular flexibility index (Phi) is 2.87. The standard InChI is InChI=1S/C15H12N2O3/c1-20-13-5-3-2-4-10(13)12-9-17-7-6-16-14(17)8-11(12)15(18)19/h2-9H,1H3,(H,18,19). The van der Waals surface area contributed by atoms with Crippen molar-refractivity contribution in [2.24, 2.45) is 0 Å². The molecule has 1 aromatic carbocycles. The lowest BCUT2D eigenvalue weighted by Crippen LogP contribution is -2.02. The van der Waals surface area contributed by atoms with Gasteiger partial charge in [0.1, 0.15) is 11.4 Å². The van der Waals surface area contributed by atoms with E-state index >= 15 is 0 Å². The fourth-order valence-corrected chi connectivity index (χ4v) is 2.22. The molecule has 0 fully saturated rings. The summed E-state index contributed by atoms with van der Waals surface area (Å²) in [5, 5.41) is 9.41. The molecule has 5 heteroatoms. The highest BCUT2D eigenvalue weighted by Gasteiger charge is 2.16. The summed E-state index contributed by atoms with van der Waals surface area (Å²) in [5.74, 6) is -0.356. The van der Waals surface area contributed by atoms with Gasteiger partial charge in [-0.3, -0.25) is 0 Å². The lowest BCUT2D eigenvalue weighted by molar-refractivity contribution is 0.0697. The molecule has 0 spiro atoms. The molecule has 100 valence electrons. The van der Waals surface area contributed by atoms with Crippen molar-refractivity contribution in [1.82, 2.24) is 9.38 Å². The summed E-state index contributed by atoms with van der Waals surface area (Å²) in [5.41, 5.74) is 2.14. The Morgan fingerprint density at radius 1 is 1.30 bits per heavy atom. The summed E-state index contributed by atoms with van der Waals surface area (Å²) < 4.78 is 7.10. The molecule has 20 heavy (non-hydrogen) atoms. The number of benzene rings is 1. The molecule has 0 saturated heterocycles. The first-order valence-electron chi connectivity index (χ1n) is 6.04. The zero-order valence-electron chi connectivity index (χ0n) is 10.8. The van der Waals surface area contributed by atoms with Gasteiger partial charge in [0, 0.05) is 29.7 Å². The Morgan fingerprint density at radius 2 is 2.10 bits per heavy atom. The molecule has 3 rings (SSSR count). The van der Waals surface area contributed by atoms with Crippen molar-refractivity contribution in [2.45, 2.75) is 0 Å². The Balaban J connectivity index is 2.33. The minimum atomic E-state index is -0.989. The summed E-state index contributed by atoms with van der Waals surface area (Å²) in [6, 6.07) is 8.90. The Hall–Kier alpha value is -2.82. The van der Waals surface area contributed by atoms with Crippen LogP contribution in [0.4, 0.5) is 0 Å². The number of nitrogens with zero attached hydrogens (tertiary/aromatic N) is 2. The number of pyridine rings is 1. The number of carbonyl (C=O) groups is 1. The Labute approximate surface area is 115 Å². The maximum absolute atomic E-state index is 11.5. The third kappa shape index (κ3) is 1.89. The Morgan fingerprint density at radius 3 is 2.85 bits per heavy atom. The van der Waals surface area contributed by atoms with Crippen molar-refractivity contribution in [2.75, 3.05) is 7.11 Å². The highest BCUT2D eigenvalue weighted by atomic mass is 16.5. The van der Waals surface area contributed by atoms with Gasteiger partial charge >= 0.3 is 5.97 Å². The molecular weight excluding hydrogens is 256 g/mol. The number of aromatic carboxylic acids is 1. The van der Waals surface area contributed by atoms with Crippen molar-refractivity contribution < 1.29 is 14.6 Å². The lowest BCUT2D eigenvalue weighted by atomic mass is 10.0. The fourth-order valence-electron chi connectivity index (χ4n) is 2.22. The summed E-state index contributed by atoms with van der Waals surface area (Å²) in [6.07, 6.45) is 5.16. The second-order valence-electron chi connectivity index (χ2n) is 4.30. The van der Waals surface area contributed by atoms with E-state index in [-0.39, 0.29) is 5.56 Å². The topological polar surface area (TPSA) is 63.8 Å². The number of carboxylic acid groups (broad SMARTS) is 1. The van der Waals surface area contributed by atoms with Gasteiger partial charge in [0.05, 0.1) is 12.7 Å². The minimum Gasteiger partial charge on any atom is -0.496 e. The van der Waals surface area contributed by atoms with Crippen LogP contribution in [0.3, 0.4) is 0 Å². The van der Waals surface area contributed by atoms with Crippen LogP contribution in [0.15, 0.2) is 48.9 Å². The van der Waals surface area contributed by atoms with Gasteiger partial charge in [-0.2, -0.15) is 0 Å². The van der Waals surface area contributed by atoms with Crippen molar-refractivity contribution in [3.63, 3.8) is 0 Å². The van der Waals surface area contributed by atoms with E-state index in [0.29, 0.717) is 17.0 Å². The second-order valence-corrected chi connectivity index (χ2v) is 4.30. The number of imidazole rings is 1. The number of ether oxygens (including phenoxy) is 1. The van der Waals surface area contributed by atoms with E-state index in [1.165, 1.54) is 0 Å². The molecule has 1 N–H and O–H groups in total. The first-order chi connectivity index (χ1) is 9.70. The summed E-state index contributed by atoms with van der Waals surface area (Å²) in [7, 11) is 1.56. The van der Waals surface area contributed by atoms with E-state index in [1.807, 2.05) is 18.2 Å². The van der Waals surface area contributed by atoms with E-state index in [4.69, 9.17) is 4.74 Å². The zero-order chi connectivity index (χ0) is 14.1. The maximum atomic E-state index is 11.5. The van der Waals surface area contributed by atoms with Gasteiger partial charge in [-0.1, -0.05) is 18.2 Å². The molecule has 0 amide bonds. The number of rotatable bonds is 3. The highest BCUT2D eigenvalue weighted by molar-refractivity contribution is 5.97. The zero-order valence-corrected chi connectivity index (χ0v) is 10.8. The van der Waals surface area contributed by atoms with Gasteiger partial charge in [0.15, 0.2) is 0 Å². The van der Waals surface area contributed by atoms with Crippen molar-refractivity contribution >= 4 is 11.6 Å². The first-order valence-corrected chi connectivity index (χ1v) is 6.04. The van der Waals surface area contributed by atoms with Gasteiger partial charge in [-0.05, 0) is 12.1 Å². The first kappa shape index (κ1) is 12.2. The molecule has 5 nitrogen and oxygen atoms in total. The van der Waals surface area contributed by atoms with E-state index in [9.17, 15) is 9.90 Å². The molecule has 0 radical (unpaired) electrons. The predicted octanol–water partition coefficient (Wildman–Crippen LogP) is 2.71. The number of hydrogen-bond acceptors (Lipinski definition) is 3. The summed E-state index contributed by atoms with van der Waals surface area (Å²) in [6.45, 7) is 0. The number of fused-ring (bicyclic) bond motifs is 1. The molecule has 0 aliphatic carbocycles. The molecule has 2 heterocycles. The van der Waals surface area contributed by atoms with Crippen LogP contribution in [0.25, 0.3) is 16.8 Å². The largest absolute Gasteiger partial charge is 0.496 e. The predicted molar refractivity (Wildman–Crippen MR) is 74.1 cm³/mol. The van der Waals surface area contributed by atoms with Crippen LogP contribution in [0.1, 0.15) is 10.4 Å². The third-order valence-electron chi connectivity index (χ3n) is 3.16. The minimum absolute atomic E-state index is 0.202. The average molecular weight is 268 g/mol. The maximum Gasteiger partial charge on any atom is 0.336 e. The van der Waals surface area contributed by atoms with Gasteiger partial charge in [-0.15, -0.1) is 0 Å². The van der Waals surface area contributed by atoms with Crippen LogP contribution in [0.2, 0.25) is 0 Å². The molecule has 0 bridgehead atoms. The molecule has 2 aromatic heterocycles. The van der Waals surface area contributed by atoms with Crippen molar-refractivity contribution in [1.29, 1.82) is 0 Å². The number of methoxy groups -OCH3 is 1. The molecule has 0 aliphatic heterocycles. The van der Waals surface area contributed by atoms with Gasteiger partial charge in [0.25, 0.3) is 0 Å². The van der Waals surface area contributed by atoms with Crippen LogP contribution < -0.4 is 4.74 Å². The monoisotopic (exact) mass is 268 g/mol. The van der Waals surface area contributed by atoms with E-state index in [0.717, 1.165) is 5.56 Å². The van der Waals surface area contributed by atoms with E-state index in [1.54, 1.807) is 42.2 Å². The molecule has 0 atom stereocenters. The molecule has 3 aromatic rings. The fraction of sp³-hybridized carbons (Fsp3) is 0.0667. The average Bonchev–Trinajstić information content (AvgIpc) is 2.93. The van der Waals surface area contributed by atoms with Crippen LogP contribution in [0, 0.1) is 0 Å². The lowest BCUT2D eigenvalue weighted by Gasteiger charge is -2.11. The Bertz CT molecular complexity index is 793. The number of para-hydroxylation sites is 1. The summed E-state index contributed by atoms with van der Waals surface area (Å²) >= 11 is 0. The number of hydrogen-bond donors (Lipinski definition) is 1. The van der Waals surface area contributed by atoms with Crippen molar-refractivity contribution in [3.8, 4) is 16.9 Å². The van der Waals surface area contributed by atoms with Gasteiger partial charge in [0.2, 0.25) is 0 Å². The molecule has 0 unspecified atom stereocenters. The summed E-state index contributed by atoms with van der Waals surface area (Å²) in [4.78, 5) is 15.6. The highest BCUT2D eigenvalue weighted by Crippen LogP contribution is 2.32. The number of carboxylic acids is 1. The smallest absolute Gasteiger partial charge is 0.336 e. The second kappa shape index (κ2) is 4.70. The van der Waals surface area contributed by atoms with Crippen LogP contribution in [-0.2, 0) is 0 Å². The third-order valence-corrected chi connectivity index (χ3v) is 3.16. The molecule has 0 saturated carbocycles. The normalized spacial score (nSPS) is 10.7. The van der Waals surface area contributed by atoms with Crippen LogP contribution in [0.5, 0.6) is 5.75 Å². The molecular formula is C15H12N2O3. The molecule has 0 aliphatic rings. The van der Waals surface area contributed by atoms with Crippen molar-refractivity contribution in [3.05, 3.63) is 54.5 Å². The van der Waals surface area contributed by atoms with Gasteiger partial charge < -0.3 is 14.2 Å². The quantitative estimate of drug-likeness (QED) is 0.793. The number of aromatic nitrogens is 2. The van der Waals surface area contributed by atoms with Crippen LogP contribution in [-0.4, -0.2) is 27.6 Å². The van der Waals surface area contributed by atoms with Crippen LogP contribution >= 0.6 is 0 Å². The van der Waals surface area contributed by atoms with E-state index < -0.39 is 5.97 Å². The van der Waals surface area contributed by atoms with Gasteiger partial charge in [-0.25, -0.2) is 9.78 Å².